The first-order valence-electron chi connectivity index (χ1n) is 17.2. The molecule has 3 aromatic carbocycles. The Morgan fingerprint density at radius 3 is 2.13 bits per heavy atom. The molecule has 0 N–H and O–H groups in total. The Labute approximate surface area is 272 Å². The van der Waals surface area contributed by atoms with Crippen molar-refractivity contribution in [3.05, 3.63) is 88.5 Å². The van der Waals surface area contributed by atoms with Crippen LogP contribution in [-0.2, 0) is 32.5 Å². The van der Waals surface area contributed by atoms with E-state index >= 15 is 0 Å². The monoisotopic (exact) mass is 612 g/mol. The smallest absolute Gasteiger partial charge is 0.309 e. The molecule has 3 aromatic rings. The van der Waals surface area contributed by atoms with Gasteiger partial charge in [0.05, 0.1) is 26.2 Å². The third-order valence-corrected chi connectivity index (χ3v) is 10.8. The number of benzene rings is 3. The molecule has 2 unspecified atom stereocenters. The normalized spacial score (nSPS) is 15.4. The SMILES string of the molecule is CCC(CCc1ccc(C(CC)(CC)c2ccc(-c3cc(CC(=O)OC)ccc3OC)cc2)cc1C)(CC(C)CC1CC1)OC. The number of esters is 1. The van der Waals surface area contributed by atoms with Gasteiger partial charge in [0.25, 0.3) is 0 Å². The van der Waals surface area contributed by atoms with Crippen LogP contribution in [0.5, 0.6) is 5.75 Å². The lowest BCUT2D eigenvalue weighted by Gasteiger charge is -2.35. The Balaban J connectivity index is 1.56. The lowest BCUT2D eigenvalue weighted by Crippen LogP contribution is -2.33. The number of aryl methyl sites for hydroxylation is 2. The second-order valence-corrected chi connectivity index (χ2v) is 13.5. The van der Waals surface area contributed by atoms with Crippen LogP contribution in [0.3, 0.4) is 0 Å². The Hall–Kier alpha value is -3.11. The van der Waals surface area contributed by atoms with Crippen molar-refractivity contribution in [2.75, 3.05) is 21.3 Å². The van der Waals surface area contributed by atoms with E-state index in [-0.39, 0.29) is 23.4 Å². The van der Waals surface area contributed by atoms with Crippen molar-refractivity contribution < 1.29 is 19.0 Å². The van der Waals surface area contributed by atoms with Gasteiger partial charge in [-0.05, 0) is 109 Å². The van der Waals surface area contributed by atoms with Crippen molar-refractivity contribution in [3.63, 3.8) is 0 Å². The van der Waals surface area contributed by atoms with Crippen LogP contribution in [0.2, 0.25) is 0 Å². The van der Waals surface area contributed by atoms with E-state index in [1.165, 1.54) is 48.6 Å². The second kappa shape index (κ2) is 15.5. The molecular weight excluding hydrogens is 556 g/mol. The van der Waals surface area contributed by atoms with E-state index in [1.807, 2.05) is 25.3 Å². The fraction of sp³-hybridized carbons (Fsp3) is 0.537. The van der Waals surface area contributed by atoms with Gasteiger partial charge < -0.3 is 14.2 Å². The summed E-state index contributed by atoms with van der Waals surface area (Å²) in [5.74, 6) is 2.21. The van der Waals surface area contributed by atoms with Crippen LogP contribution in [-0.4, -0.2) is 32.9 Å². The summed E-state index contributed by atoms with van der Waals surface area (Å²) in [5.41, 5.74) is 8.34. The standard InChI is InChI=1S/C41H56O4/c1-9-40(45-8,28-29(4)24-31-12-13-31)23-22-33-15-20-36(25-30(33)5)41(10-2,11-3)35-18-16-34(17-19-35)37-26-32(27-39(42)44-7)14-21-38(37)43-6/h14-21,25-26,29,31H,9-13,22-24,27-28H2,1-8H3. The quantitative estimate of drug-likeness (QED) is 0.142. The molecule has 4 nitrogen and oxygen atoms in total. The maximum absolute atomic E-state index is 11.9. The highest BCUT2D eigenvalue weighted by Gasteiger charge is 2.34. The first kappa shape index (κ1) is 34.8. The van der Waals surface area contributed by atoms with Crippen LogP contribution in [0.1, 0.15) is 107 Å². The summed E-state index contributed by atoms with van der Waals surface area (Å²) in [7, 11) is 5.02. The Kier molecular flexibility index (Phi) is 11.9. The molecule has 1 aliphatic carbocycles. The average molecular weight is 613 g/mol. The number of rotatable bonds is 17. The molecule has 1 fully saturated rings. The van der Waals surface area contributed by atoms with Crippen LogP contribution in [0.25, 0.3) is 11.1 Å². The molecule has 1 aliphatic rings. The van der Waals surface area contributed by atoms with E-state index in [2.05, 4.69) is 77.1 Å². The summed E-state index contributed by atoms with van der Waals surface area (Å²) in [6.07, 6.45) is 10.8. The molecule has 244 valence electrons. The number of methoxy groups -OCH3 is 3. The first-order chi connectivity index (χ1) is 21.7. The second-order valence-electron chi connectivity index (χ2n) is 13.5. The molecule has 1 saturated carbocycles. The Bertz CT molecular complexity index is 1390. The summed E-state index contributed by atoms with van der Waals surface area (Å²) >= 11 is 0. The van der Waals surface area contributed by atoms with Gasteiger partial charge in [-0.15, -0.1) is 0 Å². The van der Waals surface area contributed by atoms with Gasteiger partial charge in [-0.3, -0.25) is 4.79 Å². The molecule has 0 radical (unpaired) electrons. The number of carbonyl (C=O) groups excluding carboxylic acids is 1. The summed E-state index contributed by atoms with van der Waals surface area (Å²) in [6.45, 7) is 11.6. The molecule has 4 heteroatoms. The molecule has 0 spiro atoms. The van der Waals surface area contributed by atoms with Gasteiger partial charge in [0.1, 0.15) is 5.75 Å². The van der Waals surface area contributed by atoms with Gasteiger partial charge in [-0.2, -0.15) is 0 Å². The zero-order chi connectivity index (χ0) is 32.6. The average Bonchev–Trinajstić information content (AvgIpc) is 3.88. The van der Waals surface area contributed by atoms with Crippen molar-refractivity contribution in [2.45, 2.75) is 110 Å². The Morgan fingerprint density at radius 1 is 0.889 bits per heavy atom. The fourth-order valence-electron chi connectivity index (χ4n) is 7.56. The van der Waals surface area contributed by atoms with Crippen molar-refractivity contribution >= 4 is 5.97 Å². The van der Waals surface area contributed by atoms with Gasteiger partial charge in [0.15, 0.2) is 0 Å². The largest absolute Gasteiger partial charge is 0.496 e. The highest BCUT2D eigenvalue weighted by Crippen LogP contribution is 2.42. The molecule has 2 atom stereocenters. The molecule has 4 rings (SSSR count). The predicted molar refractivity (Wildman–Crippen MR) is 186 cm³/mol. The summed E-state index contributed by atoms with van der Waals surface area (Å²) in [5, 5.41) is 0. The first-order valence-corrected chi connectivity index (χ1v) is 17.2. The molecule has 0 aromatic heterocycles. The number of ether oxygens (including phenoxy) is 3. The van der Waals surface area contributed by atoms with Crippen molar-refractivity contribution in [1.82, 2.24) is 0 Å². The van der Waals surface area contributed by atoms with E-state index in [0.717, 1.165) is 66.9 Å². The zero-order valence-corrected chi connectivity index (χ0v) is 29.1. The number of carbonyl (C=O) groups is 1. The van der Waals surface area contributed by atoms with Crippen LogP contribution >= 0.6 is 0 Å². The molecule has 0 heterocycles. The lowest BCUT2D eigenvalue weighted by atomic mass is 9.70. The van der Waals surface area contributed by atoms with E-state index in [4.69, 9.17) is 14.2 Å². The number of hydrogen-bond acceptors (Lipinski definition) is 4. The number of hydrogen-bond donors (Lipinski definition) is 0. The predicted octanol–water partition coefficient (Wildman–Crippen LogP) is 10.0. The Morgan fingerprint density at radius 2 is 1.58 bits per heavy atom. The molecular formula is C41H56O4. The molecule has 0 aliphatic heterocycles. The van der Waals surface area contributed by atoms with E-state index in [0.29, 0.717) is 5.92 Å². The van der Waals surface area contributed by atoms with Gasteiger partial charge in [0.2, 0.25) is 0 Å². The van der Waals surface area contributed by atoms with Crippen molar-refractivity contribution in [2.24, 2.45) is 11.8 Å². The van der Waals surface area contributed by atoms with E-state index < -0.39 is 0 Å². The zero-order valence-electron chi connectivity index (χ0n) is 29.1. The minimum atomic E-state index is -0.250. The minimum absolute atomic E-state index is 0.0424. The maximum Gasteiger partial charge on any atom is 0.309 e. The summed E-state index contributed by atoms with van der Waals surface area (Å²) in [6, 6.07) is 22.0. The van der Waals surface area contributed by atoms with Crippen molar-refractivity contribution in [1.29, 1.82) is 0 Å². The van der Waals surface area contributed by atoms with Gasteiger partial charge in [-0.25, -0.2) is 0 Å². The maximum atomic E-state index is 11.9. The molecule has 0 saturated heterocycles. The van der Waals surface area contributed by atoms with Crippen LogP contribution in [0.4, 0.5) is 0 Å². The topological polar surface area (TPSA) is 44.8 Å². The fourth-order valence-corrected chi connectivity index (χ4v) is 7.56. The van der Waals surface area contributed by atoms with Gasteiger partial charge >= 0.3 is 5.97 Å². The molecule has 0 amide bonds. The minimum Gasteiger partial charge on any atom is -0.496 e. The summed E-state index contributed by atoms with van der Waals surface area (Å²) in [4.78, 5) is 11.9. The third kappa shape index (κ3) is 8.19. The highest BCUT2D eigenvalue weighted by atomic mass is 16.5. The van der Waals surface area contributed by atoms with Crippen LogP contribution in [0, 0.1) is 18.8 Å². The van der Waals surface area contributed by atoms with Crippen molar-refractivity contribution in [3.8, 4) is 16.9 Å². The van der Waals surface area contributed by atoms with Gasteiger partial charge in [0, 0.05) is 18.1 Å². The van der Waals surface area contributed by atoms with E-state index in [1.54, 1.807) is 7.11 Å². The molecule has 0 bridgehead atoms. The molecule has 45 heavy (non-hydrogen) atoms. The van der Waals surface area contributed by atoms with Gasteiger partial charge in [-0.1, -0.05) is 89.1 Å². The van der Waals surface area contributed by atoms with E-state index in [9.17, 15) is 4.79 Å². The lowest BCUT2D eigenvalue weighted by molar-refractivity contribution is -0.139. The third-order valence-electron chi connectivity index (χ3n) is 10.8. The summed E-state index contributed by atoms with van der Waals surface area (Å²) < 4.78 is 16.8. The highest BCUT2D eigenvalue weighted by molar-refractivity contribution is 5.76. The van der Waals surface area contributed by atoms with Crippen LogP contribution in [0.15, 0.2) is 60.7 Å². The van der Waals surface area contributed by atoms with Crippen LogP contribution < -0.4 is 4.74 Å².